The van der Waals surface area contributed by atoms with E-state index in [9.17, 15) is 9.18 Å². The van der Waals surface area contributed by atoms with Crippen molar-refractivity contribution < 1.29 is 9.18 Å². The van der Waals surface area contributed by atoms with Gasteiger partial charge >= 0.3 is 0 Å². The molecule has 4 nitrogen and oxygen atoms in total. The molecule has 1 amide bonds. The molecule has 3 aromatic rings. The smallest absolute Gasteiger partial charge is 0.230 e. The van der Waals surface area contributed by atoms with Crippen LogP contribution in [0, 0.1) is 12.7 Å². The lowest BCUT2D eigenvalue weighted by Gasteiger charge is -2.08. The number of nitrogens with one attached hydrogen (secondary N) is 1. The number of rotatable bonds is 5. The Morgan fingerprint density at radius 1 is 1.21 bits per heavy atom. The van der Waals surface area contributed by atoms with E-state index in [1.807, 2.05) is 36.1 Å². The van der Waals surface area contributed by atoms with E-state index in [1.165, 1.54) is 23.0 Å². The van der Waals surface area contributed by atoms with Crippen molar-refractivity contribution in [2.45, 2.75) is 26.7 Å². The highest BCUT2D eigenvalue weighted by atomic mass is 35.5. The average molecular weight is 420 g/mol. The molecule has 0 bridgehead atoms. The molecular weight excluding hydrogens is 397 g/mol. The zero-order valence-electron chi connectivity index (χ0n) is 16.0. The average Bonchev–Trinajstić information content (AvgIpc) is 2.98. The number of thiazole rings is 1. The van der Waals surface area contributed by atoms with Crippen LogP contribution < -0.4 is 10.1 Å². The molecule has 0 aliphatic heterocycles. The maximum absolute atomic E-state index is 13.8. The minimum Gasteiger partial charge on any atom is -0.323 e. The number of amides is 1. The zero-order valence-corrected chi connectivity index (χ0v) is 17.7. The number of aromatic nitrogens is 1. The molecule has 148 valence electrons. The summed E-state index contributed by atoms with van der Waals surface area (Å²) in [6, 6.07) is 12.8. The minimum atomic E-state index is -0.435. The molecule has 28 heavy (non-hydrogen) atoms. The maximum Gasteiger partial charge on any atom is 0.230 e. The second-order valence-corrected chi connectivity index (χ2v) is 7.25. The van der Waals surface area contributed by atoms with Crippen LogP contribution in [-0.4, -0.2) is 10.5 Å². The molecule has 1 N–H and O–H groups in total. The number of anilines is 1. The van der Waals surface area contributed by atoms with Crippen molar-refractivity contribution in [1.82, 2.24) is 4.57 Å². The van der Waals surface area contributed by atoms with Gasteiger partial charge in [0.15, 0.2) is 4.80 Å². The van der Waals surface area contributed by atoms with E-state index in [0.717, 1.165) is 28.2 Å². The third-order valence-corrected chi connectivity index (χ3v) is 5.29. The molecule has 3 rings (SSSR count). The van der Waals surface area contributed by atoms with Gasteiger partial charge in [-0.25, -0.2) is 9.38 Å². The van der Waals surface area contributed by atoms with Crippen LogP contribution in [0.5, 0.6) is 0 Å². The summed E-state index contributed by atoms with van der Waals surface area (Å²) in [5.41, 5.74) is 4.07. The lowest BCUT2D eigenvalue weighted by molar-refractivity contribution is -0.115. The molecule has 2 aromatic carbocycles. The van der Waals surface area contributed by atoms with Crippen molar-refractivity contribution in [1.29, 1.82) is 0 Å². The van der Waals surface area contributed by atoms with Gasteiger partial charge in [0.2, 0.25) is 5.91 Å². The summed E-state index contributed by atoms with van der Waals surface area (Å²) in [4.78, 5) is 17.8. The van der Waals surface area contributed by atoms with Crippen molar-refractivity contribution in [2.24, 2.45) is 12.0 Å². The van der Waals surface area contributed by atoms with Crippen LogP contribution in [0.2, 0.25) is 0 Å². The minimum absolute atomic E-state index is 0. The first-order valence-corrected chi connectivity index (χ1v) is 9.67. The van der Waals surface area contributed by atoms with Gasteiger partial charge in [-0.05, 0) is 48.7 Å². The van der Waals surface area contributed by atoms with E-state index in [0.29, 0.717) is 0 Å². The van der Waals surface area contributed by atoms with Gasteiger partial charge in [0.05, 0.1) is 17.8 Å². The number of nitrogens with zero attached hydrogens (tertiary/aromatic N) is 2. The summed E-state index contributed by atoms with van der Waals surface area (Å²) in [5.74, 6) is -0.693. The third kappa shape index (κ3) is 5.30. The Morgan fingerprint density at radius 2 is 1.93 bits per heavy atom. The van der Waals surface area contributed by atoms with Gasteiger partial charge in [-0.1, -0.05) is 25.1 Å². The number of benzene rings is 2. The van der Waals surface area contributed by atoms with Crippen molar-refractivity contribution in [3.05, 3.63) is 75.3 Å². The maximum atomic E-state index is 13.8. The van der Waals surface area contributed by atoms with Crippen LogP contribution in [-0.2, 0) is 24.7 Å². The predicted octanol–water partition coefficient (Wildman–Crippen LogP) is 4.93. The van der Waals surface area contributed by atoms with Crippen molar-refractivity contribution in [3.8, 4) is 0 Å². The Labute approximate surface area is 174 Å². The van der Waals surface area contributed by atoms with E-state index in [-0.39, 0.29) is 30.4 Å². The fraction of sp³-hybridized carbons (Fsp3) is 0.238. The monoisotopic (exact) mass is 419 g/mol. The number of halogens is 2. The first kappa shape index (κ1) is 21.9. The quantitative estimate of drug-likeness (QED) is 0.626. The highest BCUT2D eigenvalue weighted by Gasteiger charge is 2.11. The van der Waals surface area contributed by atoms with Gasteiger partial charge in [-0.3, -0.25) is 4.79 Å². The van der Waals surface area contributed by atoms with Gasteiger partial charge in [-0.2, -0.15) is 0 Å². The summed E-state index contributed by atoms with van der Waals surface area (Å²) in [6.45, 7) is 3.97. The second kappa shape index (κ2) is 9.66. The zero-order chi connectivity index (χ0) is 19.4. The molecule has 0 saturated heterocycles. The SMILES string of the molecule is CCc1ccc(N=c2scc(CC(=O)Nc3cc(C)ccc3F)n2C)cc1.Cl. The molecular formula is C21H23ClFN3OS. The number of hydrogen-bond donors (Lipinski definition) is 1. The fourth-order valence-corrected chi connectivity index (χ4v) is 3.59. The standard InChI is InChI=1S/C21H22FN3OS.ClH/c1-4-15-6-8-16(9-7-15)23-21-25(3)17(13-27-21)12-20(26)24-19-11-14(2)5-10-18(19)22;/h5-11,13H,4,12H2,1-3H3,(H,24,26);1H. The van der Waals surface area contributed by atoms with Crippen LogP contribution in [0.1, 0.15) is 23.7 Å². The highest BCUT2D eigenvalue weighted by molar-refractivity contribution is 7.07. The molecule has 0 unspecified atom stereocenters. The third-order valence-electron chi connectivity index (χ3n) is 4.33. The predicted molar refractivity (Wildman–Crippen MR) is 115 cm³/mol. The lowest BCUT2D eigenvalue weighted by Crippen LogP contribution is -2.20. The molecule has 0 saturated carbocycles. The molecule has 0 aliphatic rings. The van der Waals surface area contributed by atoms with E-state index in [1.54, 1.807) is 12.1 Å². The molecule has 7 heteroatoms. The van der Waals surface area contributed by atoms with E-state index >= 15 is 0 Å². The summed E-state index contributed by atoms with van der Waals surface area (Å²) in [5, 5.41) is 4.55. The van der Waals surface area contributed by atoms with Crippen LogP contribution in [0.4, 0.5) is 15.8 Å². The Bertz CT molecular complexity index is 1020. The number of aryl methyl sites for hydroxylation is 2. The molecule has 0 radical (unpaired) electrons. The van der Waals surface area contributed by atoms with Gasteiger partial charge in [-0.15, -0.1) is 23.7 Å². The van der Waals surface area contributed by atoms with Crippen molar-refractivity contribution in [2.75, 3.05) is 5.32 Å². The Kier molecular flexibility index (Phi) is 7.54. The number of carbonyl (C=O) groups excluding carboxylic acids is 1. The second-order valence-electron chi connectivity index (χ2n) is 6.41. The van der Waals surface area contributed by atoms with Crippen LogP contribution in [0.3, 0.4) is 0 Å². The lowest BCUT2D eigenvalue weighted by atomic mass is 10.2. The summed E-state index contributed by atoms with van der Waals surface area (Å²) in [6.07, 6.45) is 1.15. The van der Waals surface area contributed by atoms with Crippen LogP contribution in [0.25, 0.3) is 0 Å². The Balaban J connectivity index is 0.00000280. The van der Waals surface area contributed by atoms with Crippen molar-refractivity contribution in [3.63, 3.8) is 0 Å². The van der Waals surface area contributed by atoms with E-state index in [4.69, 9.17) is 0 Å². The molecule has 1 aromatic heterocycles. The van der Waals surface area contributed by atoms with Crippen molar-refractivity contribution >= 4 is 41.0 Å². The Morgan fingerprint density at radius 3 is 2.61 bits per heavy atom. The first-order chi connectivity index (χ1) is 13.0. The topological polar surface area (TPSA) is 46.4 Å². The molecule has 0 spiro atoms. The first-order valence-electron chi connectivity index (χ1n) is 8.79. The molecule has 0 fully saturated rings. The fourth-order valence-electron chi connectivity index (χ4n) is 2.67. The molecule has 1 heterocycles. The molecule has 0 aliphatic carbocycles. The summed E-state index contributed by atoms with van der Waals surface area (Å²) < 4.78 is 15.7. The van der Waals surface area contributed by atoms with Gasteiger partial charge < -0.3 is 9.88 Å². The van der Waals surface area contributed by atoms with E-state index in [2.05, 4.69) is 29.4 Å². The van der Waals surface area contributed by atoms with Gasteiger partial charge in [0.1, 0.15) is 5.82 Å². The largest absolute Gasteiger partial charge is 0.323 e. The number of hydrogen-bond acceptors (Lipinski definition) is 3. The van der Waals surface area contributed by atoms with Gasteiger partial charge in [0.25, 0.3) is 0 Å². The summed E-state index contributed by atoms with van der Waals surface area (Å²) in [7, 11) is 1.88. The van der Waals surface area contributed by atoms with Crippen LogP contribution in [0.15, 0.2) is 52.8 Å². The van der Waals surface area contributed by atoms with E-state index < -0.39 is 5.82 Å². The summed E-state index contributed by atoms with van der Waals surface area (Å²) >= 11 is 1.48. The highest BCUT2D eigenvalue weighted by Crippen LogP contribution is 2.17. The molecule has 0 atom stereocenters. The van der Waals surface area contributed by atoms with Gasteiger partial charge in [0, 0.05) is 18.1 Å². The van der Waals surface area contributed by atoms with Crippen LogP contribution >= 0.6 is 23.7 Å². The Hall–Kier alpha value is -2.44. The number of carbonyl (C=O) groups is 1. The normalized spacial score (nSPS) is 11.2.